The van der Waals surface area contributed by atoms with Crippen LogP contribution < -0.4 is 0 Å². The highest BCUT2D eigenvalue weighted by molar-refractivity contribution is 5.98. The van der Waals surface area contributed by atoms with Crippen LogP contribution in [0.25, 0.3) is 10.9 Å². The molecule has 1 fully saturated rings. The van der Waals surface area contributed by atoms with Crippen LogP contribution in [0.3, 0.4) is 0 Å². The quantitative estimate of drug-likeness (QED) is 0.784. The van der Waals surface area contributed by atoms with Gasteiger partial charge in [0.2, 0.25) is 0 Å². The number of hydrogen-bond acceptors (Lipinski definition) is 3. The highest BCUT2D eigenvalue weighted by atomic mass is 16.2. The number of aryl methyl sites for hydroxylation is 1. The summed E-state index contributed by atoms with van der Waals surface area (Å²) in [6.07, 6.45) is 6.89. The van der Waals surface area contributed by atoms with Crippen LogP contribution in [0.2, 0.25) is 0 Å². The summed E-state index contributed by atoms with van der Waals surface area (Å²) in [4.78, 5) is 19.6. The second kappa shape index (κ2) is 6.07. The fraction of sp³-hybridized carbons (Fsp3) is 0.316. The number of aromatic amines is 1. The summed E-state index contributed by atoms with van der Waals surface area (Å²) in [5.41, 5.74) is 3.72. The summed E-state index contributed by atoms with van der Waals surface area (Å²) in [5, 5.41) is 7.90. The van der Waals surface area contributed by atoms with Gasteiger partial charge in [0.05, 0.1) is 17.8 Å². The van der Waals surface area contributed by atoms with Crippen molar-refractivity contribution in [2.45, 2.75) is 32.2 Å². The Morgan fingerprint density at radius 2 is 2.17 bits per heavy atom. The molecular formula is C19H20N4O. The normalized spacial score (nSPS) is 18.0. The molecule has 1 aliphatic heterocycles. The molecule has 0 saturated carbocycles. The molecule has 3 heterocycles. The van der Waals surface area contributed by atoms with Gasteiger partial charge in [-0.3, -0.25) is 14.9 Å². The van der Waals surface area contributed by atoms with Crippen LogP contribution in [-0.2, 0) is 0 Å². The Kier molecular flexibility index (Phi) is 3.76. The summed E-state index contributed by atoms with van der Waals surface area (Å²) in [5.74, 6) is 0.0865. The number of hydrogen-bond donors (Lipinski definition) is 1. The topological polar surface area (TPSA) is 61.9 Å². The predicted molar refractivity (Wildman–Crippen MR) is 92.7 cm³/mol. The van der Waals surface area contributed by atoms with E-state index in [2.05, 4.69) is 15.2 Å². The molecular weight excluding hydrogens is 300 g/mol. The Hall–Kier alpha value is -2.69. The number of piperidine rings is 1. The van der Waals surface area contributed by atoms with Crippen LogP contribution in [0.4, 0.5) is 0 Å². The average Bonchev–Trinajstić information content (AvgIpc) is 3.15. The highest BCUT2D eigenvalue weighted by Crippen LogP contribution is 2.31. The fourth-order valence-corrected chi connectivity index (χ4v) is 3.49. The lowest BCUT2D eigenvalue weighted by molar-refractivity contribution is 0.0612. The van der Waals surface area contributed by atoms with Crippen molar-refractivity contribution in [1.29, 1.82) is 0 Å². The summed E-state index contributed by atoms with van der Waals surface area (Å²) < 4.78 is 0. The van der Waals surface area contributed by atoms with Crippen LogP contribution in [0.5, 0.6) is 0 Å². The van der Waals surface area contributed by atoms with Gasteiger partial charge in [0, 0.05) is 34.9 Å². The number of nitrogens with zero attached hydrogens (tertiary/aromatic N) is 3. The predicted octanol–water partition coefficient (Wildman–Crippen LogP) is 3.63. The SMILES string of the molecule is Cc1ccc2cc(C(=O)N3CCCC[C@H]3c3cn[nH]c3)ccc2n1. The van der Waals surface area contributed by atoms with E-state index < -0.39 is 0 Å². The molecule has 2 aromatic heterocycles. The molecule has 0 aliphatic carbocycles. The van der Waals surface area contributed by atoms with E-state index in [4.69, 9.17) is 0 Å². The first kappa shape index (κ1) is 14.9. The minimum Gasteiger partial charge on any atom is -0.331 e. The van der Waals surface area contributed by atoms with E-state index in [0.717, 1.165) is 53.5 Å². The summed E-state index contributed by atoms with van der Waals surface area (Å²) in [6, 6.07) is 9.89. The van der Waals surface area contributed by atoms with E-state index in [-0.39, 0.29) is 11.9 Å². The van der Waals surface area contributed by atoms with Gasteiger partial charge in [0.25, 0.3) is 5.91 Å². The van der Waals surface area contributed by atoms with Crippen molar-refractivity contribution >= 4 is 16.8 Å². The largest absolute Gasteiger partial charge is 0.331 e. The number of likely N-dealkylation sites (tertiary alicyclic amines) is 1. The van der Waals surface area contributed by atoms with E-state index in [1.807, 2.05) is 54.5 Å². The zero-order valence-corrected chi connectivity index (χ0v) is 13.7. The molecule has 1 saturated heterocycles. The maximum atomic E-state index is 13.1. The van der Waals surface area contributed by atoms with Crippen LogP contribution in [0, 0.1) is 6.92 Å². The van der Waals surface area contributed by atoms with Crippen molar-refractivity contribution in [2.75, 3.05) is 6.54 Å². The van der Waals surface area contributed by atoms with E-state index in [0.29, 0.717) is 0 Å². The molecule has 5 nitrogen and oxygen atoms in total. The van der Waals surface area contributed by atoms with E-state index in [9.17, 15) is 4.79 Å². The van der Waals surface area contributed by atoms with Crippen LogP contribution in [0.15, 0.2) is 42.7 Å². The van der Waals surface area contributed by atoms with Crippen molar-refractivity contribution in [2.24, 2.45) is 0 Å². The van der Waals surface area contributed by atoms with Gasteiger partial charge < -0.3 is 4.90 Å². The Bertz CT molecular complexity index is 872. The molecule has 3 aromatic rings. The summed E-state index contributed by atoms with van der Waals surface area (Å²) >= 11 is 0. The van der Waals surface area contributed by atoms with Gasteiger partial charge in [-0.05, 0) is 50.5 Å². The molecule has 1 N–H and O–H groups in total. The summed E-state index contributed by atoms with van der Waals surface area (Å²) in [7, 11) is 0. The third kappa shape index (κ3) is 2.66. The van der Waals surface area contributed by atoms with Gasteiger partial charge in [-0.1, -0.05) is 6.07 Å². The molecule has 1 atom stereocenters. The molecule has 0 radical (unpaired) electrons. The Morgan fingerprint density at radius 3 is 3.00 bits per heavy atom. The number of rotatable bonds is 2. The first-order chi connectivity index (χ1) is 11.7. The zero-order chi connectivity index (χ0) is 16.5. The van der Waals surface area contributed by atoms with Gasteiger partial charge in [-0.2, -0.15) is 5.10 Å². The first-order valence-electron chi connectivity index (χ1n) is 8.39. The van der Waals surface area contributed by atoms with Crippen LogP contribution in [-0.4, -0.2) is 32.5 Å². The average molecular weight is 320 g/mol. The minimum atomic E-state index is 0.0865. The number of carbonyl (C=O) groups is 1. The number of H-pyrrole nitrogens is 1. The number of benzene rings is 1. The van der Waals surface area contributed by atoms with E-state index in [1.165, 1.54) is 0 Å². The van der Waals surface area contributed by atoms with Gasteiger partial charge in [0.15, 0.2) is 0 Å². The smallest absolute Gasteiger partial charge is 0.254 e. The van der Waals surface area contributed by atoms with Crippen molar-refractivity contribution in [1.82, 2.24) is 20.1 Å². The van der Waals surface area contributed by atoms with E-state index >= 15 is 0 Å². The molecule has 5 heteroatoms. The molecule has 1 amide bonds. The fourth-order valence-electron chi connectivity index (χ4n) is 3.49. The standard InChI is InChI=1S/C19H20N4O/c1-13-5-6-14-10-15(7-8-17(14)22-13)19(24)23-9-3-2-4-18(23)16-11-20-21-12-16/h5-8,10-12,18H,2-4,9H2,1H3,(H,20,21)/t18-/m0/s1. The molecule has 0 bridgehead atoms. The van der Waals surface area contributed by atoms with Crippen molar-refractivity contribution < 1.29 is 4.79 Å². The minimum absolute atomic E-state index is 0.0865. The Balaban J connectivity index is 1.67. The number of nitrogens with one attached hydrogen (secondary N) is 1. The number of carbonyl (C=O) groups excluding carboxylic acids is 1. The molecule has 24 heavy (non-hydrogen) atoms. The molecule has 0 unspecified atom stereocenters. The van der Waals surface area contributed by atoms with Gasteiger partial charge in [-0.15, -0.1) is 0 Å². The van der Waals surface area contributed by atoms with Gasteiger partial charge >= 0.3 is 0 Å². The van der Waals surface area contributed by atoms with E-state index in [1.54, 1.807) is 0 Å². The molecule has 1 aromatic carbocycles. The second-order valence-corrected chi connectivity index (χ2v) is 6.40. The second-order valence-electron chi connectivity index (χ2n) is 6.40. The highest BCUT2D eigenvalue weighted by Gasteiger charge is 2.29. The number of fused-ring (bicyclic) bond motifs is 1. The first-order valence-corrected chi connectivity index (χ1v) is 8.39. The Morgan fingerprint density at radius 1 is 1.25 bits per heavy atom. The molecule has 4 rings (SSSR count). The third-order valence-corrected chi connectivity index (χ3v) is 4.74. The monoisotopic (exact) mass is 320 g/mol. The Labute approximate surface area is 140 Å². The maximum absolute atomic E-state index is 13.1. The molecule has 122 valence electrons. The van der Waals surface area contributed by atoms with Gasteiger partial charge in [-0.25, -0.2) is 0 Å². The third-order valence-electron chi connectivity index (χ3n) is 4.74. The number of pyridine rings is 1. The van der Waals surface area contributed by atoms with Gasteiger partial charge in [0.1, 0.15) is 0 Å². The maximum Gasteiger partial charge on any atom is 0.254 e. The van der Waals surface area contributed by atoms with Crippen molar-refractivity contribution in [3.8, 4) is 0 Å². The van der Waals surface area contributed by atoms with Crippen LogP contribution >= 0.6 is 0 Å². The molecule has 1 aliphatic rings. The van der Waals surface area contributed by atoms with Crippen LogP contribution in [0.1, 0.15) is 46.9 Å². The summed E-state index contributed by atoms with van der Waals surface area (Å²) in [6.45, 7) is 2.76. The lowest BCUT2D eigenvalue weighted by Gasteiger charge is -2.35. The lowest BCUT2D eigenvalue weighted by Crippen LogP contribution is -2.38. The van der Waals surface area contributed by atoms with Crippen molar-refractivity contribution in [3.05, 3.63) is 59.5 Å². The number of amides is 1. The lowest BCUT2D eigenvalue weighted by atomic mass is 9.96. The van der Waals surface area contributed by atoms with Crippen molar-refractivity contribution in [3.63, 3.8) is 0 Å². The number of aromatic nitrogens is 3. The molecule has 0 spiro atoms. The zero-order valence-electron chi connectivity index (χ0n) is 13.7.